The van der Waals surface area contributed by atoms with Crippen LogP contribution in [0.4, 0.5) is 6.01 Å². The fourth-order valence-corrected chi connectivity index (χ4v) is 1.63. The molecule has 0 unspecified atom stereocenters. The second kappa shape index (κ2) is 3.56. The molecule has 65 valence electrons. The number of aromatic nitrogens is 2. The van der Waals surface area contributed by atoms with E-state index in [4.69, 9.17) is 4.42 Å². The first-order valence-electron chi connectivity index (χ1n) is 4.41. The van der Waals surface area contributed by atoms with Gasteiger partial charge in [-0.05, 0) is 12.8 Å². The summed E-state index contributed by atoms with van der Waals surface area (Å²) >= 11 is 0. The van der Waals surface area contributed by atoms with Gasteiger partial charge < -0.3 is 9.73 Å². The minimum absolute atomic E-state index is 0.502. The highest BCUT2D eigenvalue weighted by molar-refractivity contribution is 5.17. The van der Waals surface area contributed by atoms with Crippen LogP contribution in [0, 0.1) is 6.39 Å². The van der Waals surface area contributed by atoms with Crippen molar-refractivity contribution in [2.24, 2.45) is 0 Å². The number of hydrogen-bond donors (Lipinski definition) is 1. The lowest BCUT2D eigenvalue weighted by atomic mass is 9.96. The monoisotopic (exact) mass is 166 g/mol. The number of anilines is 1. The summed E-state index contributed by atoms with van der Waals surface area (Å²) in [4.78, 5) is 0. The maximum atomic E-state index is 4.88. The summed E-state index contributed by atoms with van der Waals surface area (Å²) in [6.45, 7) is 0. The van der Waals surface area contributed by atoms with Crippen LogP contribution in [0.15, 0.2) is 4.42 Å². The molecule has 0 spiro atoms. The molecule has 4 nitrogen and oxygen atoms in total. The number of nitrogens with one attached hydrogen (secondary N) is 1. The van der Waals surface area contributed by atoms with E-state index >= 15 is 0 Å². The molecule has 1 aliphatic carbocycles. The van der Waals surface area contributed by atoms with Crippen molar-refractivity contribution in [2.45, 2.75) is 38.1 Å². The first-order valence-corrected chi connectivity index (χ1v) is 4.41. The van der Waals surface area contributed by atoms with E-state index in [2.05, 4.69) is 21.9 Å². The maximum absolute atomic E-state index is 4.88. The predicted octanol–water partition coefficient (Wildman–Crippen LogP) is 1.61. The molecule has 1 fully saturated rings. The third-order valence-corrected chi connectivity index (χ3v) is 2.26. The van der Waals surface area contributed by atoms with E-state index in [9.17, 15) is 0 Å². The quantitative estimate of drug-likeness (QED) is 0.725. The first kappa shape index (κ1) is 7.58. The Balaban J connectivity index is 1.86. The molecule has 1 saturated carbocycles. The molecule has 0 saturated heterocycles. The summed E-state index contributed by atoms with van der Waals surface area (Å²) in [7, 11) is 0. The average Bonchev–Trinajstić information content (AvgIpc) is 2.59. The van der Waals surface area contributed by atoms with Gasteiger partial charge in [-0.25, -0.2) is 0 Å². The second-order valence-corrected chi connectivity index (χ2v) is 3.18. The van der Waals surface area contributed by atoms with Crippen LogP contribution in [0.1, 0.15) is 32.1 Å². The van der Waals surface area contributed by atoms with E-state index in [0.29, 0.717) is 12.1 Å². The highest BCUT2D eigenvalue weighted by atomic mass is 16.4. The summed E-state index contributed by atoms with van der Waals surface area (Å²) in [6.07, 6.45) is 8.70. The molecule has 1 aromatic heterocycles. The van der Waals surface area contributed by atoms with Gasteiger partial charge in [-0.15, -0.1) is 5.10 Å². The molecule has 0 aliphatic heterocycles. The Bertz CT molecular complexity index is 216. The van der Waals surface area contributed by atoms with Crippen molar-refractivity contribution < 1.29 is 4.42 Å². The molecule has 1 aromatic rings. The molecule has 12 heavy (non-hydrogen) atoms. The standard InChI is InChI=1S/C8H12N3O/c1-2-4-7(5-3-1)10-8-11-9-6-12-8/h7H,1-5H2,(H,10,11). The Morgan fingerprint density at radius 2 is 2.17 bits per heavy atom. The minimum atomic E-state index is 0.502. The van der Waals surface area contributed by atoms with Gasteiger partial charge in [0.15, 0.2) is 0 Å². The van der Waals surface area contributed by atoms with Gasteiger partial charge >= 0.3 is 12.4 Å². The van der Waals surface area contributed by atoms with Crippen molar-refractivity contribution in [3.05, 3.63) is 6.39 Å². The van der Waals surface area contributed by atoms with Gasteiger partial charge in [-0.3, -0.25) is 0 Å². The maximum Gasteiger partial charge on any atom is 0.316 e. The molecule has 2 rings (SSSR count). The van der Waals surface area contributed by atoms with Crippen molar-refractivity contribution in [3.63, 3.8) is 0 Å². The zero-order valence-corrected chi connectivity index (χ0v) is 6.92. The number of rotatable bonds is 2. The van der Waals surface area contributed by atoms with Crippen LogP contribution in [0.2, 0.25) is 0 Å². The lowest BCUT2D eigenvalue weighted by Gasteiger charge is -2.21. The summed E-state index contributed by atoms with van der Waals surface area (Å²) in [5.74, 6) is 0. The summed E-state index contributed by atoms with van der Waals surface area (Å²) in [6, 6.07) is 1.02. The van der Waals surface area contributed by atoms with Crippen LogP contribution in [-0.2, 0) is 0 Å². The third kappa shape index (κ3) is 1.75. The Labute approximate surface area is 71.4 Å². The van der Waals surface area contributed by atoms with Crippen molar-refractivity contribution in [3.8, 4) is 0 Å². The number of nitrogens with zero attached hydrogens (tertiary/aromatic N) is 2. The van der Waals surface area contributed by atoms with Gasteiger partial charge in [-0.1, -0.05) is 24.4 Å². The van der Waals surface area contributed by atoms with E-state index in [1.807, 2.05) is 0 Å². The highest BCUT2D eigenvalue weighted by Gasteiger charge is 2.14. The lowest BCUT2D eigenvalue weighted by molar-refractivity contribution is 0.447. The molecule has 0 aromatic carbocycles. The van der Waals surface area contributed by atoms with Crippen LogP contribution in [0.3, 0.4) is 0 Å². The van der Waals surface area contributed by atoms with Gasteiger partial charge in [0.1, 0.15) is 0 Å². The largest absolute Gasteiger partial charge is 0.399 e. The fourth-order valence-electron chi connectivity index (χ4n) is 1.63. The first-order chi connectivity index (χ1) is 5.95. The molecule has 0 amide bonds. The minimum Gasteiger partial charge on any atom is -0.399 e. The molecule has 0 atom stereocenters. The number of hydrogen-bond acceptors (Lipinski definition) is 4. The summed E-state index contributed by atoms with van der Waals surface area (Å²) in [5.41, 5.74) is 0. The highest BCUT2D eigenvalue weighted by Crippen LogP contribution is 2.20. The van der Waals surface area contributed by atoms with Gasteiger partial charge in [0, 0.05) is 6.04 Å². The Morgan fingerprint density at radius 3 is 2.83 bits per heavy atom. The van der Waals surface area contributed by atoms with Crippen LogP contribution in [-0.4, -0.2) is 16.2 Å². The zero-order valence-electron chi connectivity index (χ0n) is 6.92. The van der Waals surface area contributed by atoms with Crippen molar-refractivity contribution >= 4 is 6.01 Å². The summed E-state index contributed by atoms with van der Waals surface area (Å²) in [5, 5.41) is 10.4. The van der Waals surface area contributed by atoms with E-state index in [-0.39, 0.29) is 0 Å². The second-order valence-electron chi connectivity index (χ2n) is 3.18. The zero-order chi connectivity index (χ0) is 8.23. The molecule has 4 heteroatoms. The lowest BCUT2D eigenvalue weighted by Crippen LogP contribution is -2.22. The predicted molar refractivity (Wildman–Crippen MR) is 43.6 cm³/mol. The van der Waals surface area contributed by atoms with Gasteiger partial charge in [-0.2, -0.15) is 0 Å². The molecule has 1 N–H and O–H groups in total. The van der Waals surface area contributed by atoms with E-state index in [1.54, 1.807) is 0 Å². The normalized spacial score (nSPS) is 19.3. The Hall–Kier alpha value is -1.06. The third-order valence-electron chi connectivity index (χ3n) is 2.26. The van der Waals surface area contributed by atoms with Crippen molar-refractivity contribution in [1.82, 2.24) is 10.2 Å². The smallest absolute Gasteiger partial charge is 0.316 e. The van der Waals surface area contributed by atoms with E-state index < -0.39 is 0 Å². The molecular formula is C8H12N3O. The van der Waals surface area contributed by atoms with Crippen LogP contribution in [0.25, 0.3) is 0 Å². The molecule has 0 bridgehead atoms. The van der Waals surface area contributed by atoms with E-state index in [0.717, 1.165) is 0 Å². The molecule has 1 heterocycles. The van der Waals surface area contributed by atoms with Crippen LogP contribution >= 0.6 is 0 Å². The Morgan fingerprint density at radius 1 is 1.33 bits per heavy atom. The van der Waals surface area contributed by atoms with Gasteiger partial charge in [0.05, 0.1) is 0 Å². The Kier molecular flexibility index (Phi) is 2.25. The fraction of sp³-hybridized carbons (Fsp3) is 0.750. The van der Waals surface area contributed by atoms with E-state index in [1.165, 1.54) is 32.1 Å². The molecule has 1 aliphatic rings. The summed E-state index contributed by atoms with van der Waals surface area (Å²) < 4.78 is 4.88. The molecular weight excluding hydrogens is 154 g/mol. The van der Waals surface area contributed by atoms with Crippen LogP contribution < -0.4 is 5.32 Å². The van der Waals surface area contributed by atoms with Gasteiger partial charge in [0.2, 0.25) is 0 Å². The van der Waals surface area contributed by atoms with Gasteiger partial charge in [0.25, 0.3) is 0 Å². The van der Waals surface area contributed by atoms with Crippen LogP contribution in [0.5, 0.6) is 0 Å². The molecule has 1 radical (unpaired) electrons. The average molecular weight is 166 g/mol. The topological polar surface area (TPSA) is 51.0 Å². The van der Waals surface area contributed by atoms with Crippen molar-refractivity contribution in [1.29, 1.82) is 0 Å². The van der Waals surface area contributed by atoms with Crippen molar-refractivity contribution in [2.75, 3.05) is 5.32 Å². The SMILES string of the molecule is [c]1nnc(NC2CCCCC2)o1.